The van der Waals surface area contributed by atoms with Crippen LogP contribution in [0.1, 0.15) is 95.3 Å². The first-order chi connectivity index (χ1) is 18.2. The summed E-state index contributed by atoms with van der Waals surface area (Å²) in [6.07, 6.45) is 6.30. The molecule has 216 valence electrons. The zero-order valence-corrected chi connectivity index (χ0v) is 26.5. The zero-order chi connectivity index (χ0) is 28.5. The van der Waals surface area contributed by atoms with E-state index in [1.807, 2.05) is 31.7 Å². The Kier molecular flexibility index (Phi) is 9.29. The lowest BCUT2D eigenvalue weighted by Gasteiger charge is -2.27. The van der Waals surface area contributed by atoms with Crippen molar-refractivity contribution >= 4 is 27.7 Å². The predicted octanol–water partition coefficient (Wildman–Crippen LogP) is 5.96. The average molecular weight is 574 g/mol. The molecule has 39 heavy (non-hydrogen) atoms. The molecule has 1 saturated carbocycles. The monoisotopic (exact) mass is 573 g/mol. The summed E-state index contributed by atoms with van der Waals surface area (Å²) >= 11 is 0. The Balaban J connectivity index is 1.78. The Hall–Kier alpha value is -1.77. The number of rotatable bonds is 6. The third kappa shape index (κ3) is 7.31. The van der Waals surface area contributed by atoms with Crippen LogP contribution in [0, 0.1) is 12.8 Å². The van der Waals surface area contributed by atoms with Crippen molar-refractivity contribution in [3.8, 4) is 11.3 Å². The van der Waals surface area contributed by atoms with Gasteiger partial charge >= 0.3 is 0 Å². The molecule has 2 fully saturated rings. The molecule has 1 N–H and O–H groups in total. The van der Waals surface area contributed by atoms with E-state index in [4.69, 9.17) is 0 Å². The molecule has 4 rings (SSSR count). The lowest BCUT2D eigenvalue weighted by molar-refractivity contribution is 0.0770. The molecule has 1 aromatic carbocycles. The van der Waals surface area contributed by atoms with E-state index >= 15 is 0 Å². The Morgan fingerprint density at radius 3 is 2.26 bits per heavy atom. The fourth-order valence-electron chi connectivity index (χ4n) is 5.75. The van der Waals surface area contributed by atoms with Crippen molar-refractivity contribution < 1.29 is 13.2 Å². The Bertz CT molecular complexity index is 1240. The maximum absolute atomic E-state index is 13.7. The molecule has 0 spiro atoms. The van der Waals surface area contributed by atoms with Crippen LogP contribution in [0.4, 0.5) is 0 Å². The molecule has 1 aliphatic heterocycles. The van der Waals surface area contributed by atoms with Gasteiger partial charge in [0.15, 0.2) is 0 Å². The molecular formula is C31H47N3O3S2. The molecule has 1 unspecified atom stereocenters. The summed E-state index contributed by atoms with van der Waals surface area (Å²) in [6, 6.07) is 8.32. The highest BCUT2D eigenvalue weighted by Crippen LogP contribution is 2.36. The number of hydrogen-bond acceptors (Lipinski definition) is 3. The minimum absolute atomic E-state index is 0.0380. The molecule has 0 bridgehead atoms. The fraction of sp³-hybridized carbons (Fsp3) is 0.645. The van der Waals surface area contributed by atoms with Crippen LogP contribution in [0.5, 0.6) is 0 Å². The summed E-state index contributed by atoms with van der Waals surface area (Å²) in [5.41, 5.74) is 4.41. The van der Waals surface area contributed by atoms with Crippen molar-refractivity contribution in [3.05, 3.63) is 41.1 Å². The second-order valence-corrected chi connectivity index (χ2v) is 16.2. The maximum Gasteiger partial charge on any atom is 0.255 e. The number of hydrogen-bond donors (Lipinski definition) is 1. The second-order valence-electron chi connectivity index (χ2n) is 13.4. The van der Waals surface area contributed by atoms with Gasteiger partial charge in [-0.1, -0.05) is 46.1 Å². The van der Waals surface area contributed by atoms with Crippen LogP contribution in [0.3, 0.4) is 0 Å². The molecule has 1 saturated heterocycles. The normalized spacial score (nSPS) is 18.9. The maximum atomic E-state index is 13.7. The van der Waals surface area contributed by atoms with Gasteiger partial charge in [-0.15, -0.1) is 0 Å². The standard InChI is InChI=1S/C31H47N3O3S2/c1-22-25(29(35)33-15-17-38(36)18-16-33)20-27(34(22)21-23-11-9-8-10-12-23)24-13-14-28(26(19-24)30(2,3)4)39(37)32-31(5,6)7/h13-14,19-20,23,32H,8-12,15-18,21H2,1-7H3. The molecule has 2 heterocycles. The van der Waals surface area contributed by atoms with E-state index in [9.17, 15) is 13.2 Å². The average Bonchev–Trinajstić information content (AvgIpc) is 3.18. The molecule has 8 heteroatoms. The van der Waals surface area contributed by atoms with E-state index in [1.54, 1.807) is 0 Å². The van der Waals surface area contributed by atoms with Gasteiger partial charge in [-0.2, -0.15) is 0 Å². The number of amides is 1. The Morgan fingerprint density at radius 1 is 1.03 bits per heavy atom. The van der Waals surface area contributed by atoms with Crippen LogP contribution in [0.25, 0.3) is 11.3 Å². The first-order valence-corrected chi connectivity index (χ1v) is 17.1. The van der Waals surface area contributed by atoms with Crippen LogP contribution in [-0.2, 0) is 33.7 Å². The SMILES string of the molecule is Cc1c(C(=O)N2CCS(=O)CC2)cc(-c2ccc(S(=O)NC(C)(C)C)c(C(C)(C)C)c2)n1CC1CCCCC1. The molecule has 1 aliphatic carbocycles. The van der Waals surface area contributed by atoms with Gasteiger partial charge < -0.3 is 9.47 Å². The molecule has 1 amide bonds. The van der Waals surface area contributed by atoms with Gasteiger partial charge in [-0.25, -0.2) is 8.93 Å². The van der Waals surface area contributed by atoms with E-state index in [0.29, 0.717) is 30.5 Å². The molecule has 2 aliphatic rings. The highest BCUT2D eigenvalue weighted by molar-refractivity contribution is 7.85. The van der Waals surface area contributed by atoms with Gasteiger partial charge in [0.2, 0.25) is 0 Å². The van der Waals surface area contributed by atoms with Crippen molar-refractivity contribution in [2.45, 2.75) is 103 Å². The molecular weight excluding hydrogens is 526 g/mol. The number of aromatic nitrogens is 1. The number of carbonyl (C=O) groups is 1. The number of nitrogens with zero attached hydrogens (tertiary/aromatic N) is 2. The van der Waals surface area contributed by atoms with Gasteiger partial charge in [-0.05, 0) is 81.2 Å². The lowest BCUT2D eigenvalue weighted by atomic mass is 9.85. The summed E-state index contributed by atoms with van der Waals surface area (Å²) in [7, 11) is -2.17. The van der Waals surface area contributed by atoms with Gasteiger partial charge in [0.25, 0.3) is 5.91 Å². The van der Waals surface area contributed by atoms with Gasteiger partial charge in [0, 0.05) is 58.9 Å². The molecule has 1 atom stereocenters. The number of carbonyl (C=O) groups excluding carboxylic acids is 1. The van der Waals surface area contributed by atoms with Crippen LogP contribution >= 0.6 is 0 Å². The molecule has 0 radical (unpaired) electrons. The summed E-state index contributed by atoms with van der Waals surface area (Å²) in [5, 5.41) is 0. The van der Waals surface area contributed by atoms with Gasteiger partial charge in [0.05, 0.1) is 10.5 Å². The summed E-state index contributed by atoms with van der Waals surface area (Å²) in [4.78, 5) is 16.4. The summed E-state index contributed by atoms with van der Waals surface area (Å²) < 4.78 is 30.9. The first-order valence-electron chi connectivity index (χ1n) is 14.4. The van der Waals surface area contributed by atoms with Crippen LogP contribution < -0.4 is 4.72 Å². The van der Waals surface area contributed by atoms with Crippen molar-refractivity contribution in [2.75, 3.05) is 24.6 Å². The third-order valence-corrected chi connectivity index (χ3v) is 10.7. The second kappa shape index (κ2) is 12.0. The quantitative estimate of drug-likeness (QED) is 0.464. The van der Waals surface area contributed by atoms with Crippen molar-refractivity contribution in [3.63, 3.8) is 0 Å². The zero-order valence-electron chi connectivity index (χ0n) is 24.9. The van der Waals surface area contributed by atoms with E-state index < -0.39 is 21.8 Å². The first kappa shape index (κ1) is 30.2. The topological polar surface area (TPSA) is 71.4 Å². The van der Waals surface area contributed by atoms with Gasteiger partial charge in [0.1, 0.15) is 11.0 Å². The van der Waals surface area contributed by atoms with Crippen LogP contribution in [0.2, 0.25) is 0 Å². The summed E-state index contributed by atoms with van der Waals surface area (Å²) in [5.74, 6) is 1.75. The Labute approximate surface area is 240 Å². The van der Waals surface area contributed by atoms with Crippen molar-refractivity contribution in [1.29, 1.82) is 0 Å². The lowest BCUT2D eigenvalue weighted by Crippen LogP contribution is -2.41. The predicted molar refractivity (Wildman–Crippen MR) is 163 cm³/mol. The van der Waals surface area contributed by atoms with E-state index in [1.165, 1.54) is 32.1 Å². The van der Waals surface area contributed by atoms with E-state index in [0.717, 1.165) is 39.5 Å². The van der Waals surface area contributed by atoms with E-state index in [-0.39, 0.29) is 16.9 Å². The summed E-state index contributed by atoms with van der Waals surface area (Å²) in [6.45, 7) is 16.6. The third-order valence-electron chi connectivity index (χ3n) is 7.91. The highest BCUT2D eigenvalue weighted by Gasteiger charge is 2.29. The minimum Gasteiger partial charge on any atom is -0.344 e. The largest absolute Gasteiger partial charge is 0.344 e. The highest BCUT2D eigenvalue weighted by atomic mass is 32.2. The molecule has 6 nitrogen and oxygen atoms in total. The van der Waals surface area contributed by atoms with Gasteiger partial charge in [-0.3, -0.25) is 9.00 Å². The smallest absolute Gasteiger partial charge is 0.255 e. The number of benzene rings is 1. The van der Waals surface area contributed by atoms with Crippen molar-refractivity contribution in [2.24, 2.45) is 5.92 Å². The molecule has 2 aromatic rings. The van der Waals surface area contributed by atoms with E-state index in [2.05, 4.69) is 55.2 Å². The fourth-order valence-corrected chi connectivity index (χ4v) is 8.22. The number of nitrogens with one attached hydrogen (secondary N) is 1. The van der Waals surface area contributed by atoms with Crippen molar-refractivity contribution in [1.82, 2.24) is 14.2 Å². The molecule has 1 aromatic heterocycles. The minimum atomic E-state index is -1.34. The van der Waals surface area contributed by atoms with Crippen LogP contribution in [-0.4, -0.2) is 53.9 Å². The van der Waals surface area contributed by atoms with Crippen LogP contribution in [0.15, 0.2) is 29.2 Å². The Morgan fingerprint density at radius 2 is 1.67 bits per heavy atom.